The maximum Gasteiger partial charge on any atom is 0.229 e. The molecule has 0 amide bonds. The molecule has 0 radical (unpaired) electrons. The van der Waals surface area contributed by atoms with Crippen molar-refractivity contribution in [3.8, 4) is 5.75 Å². The molecule has 0 saturated carbocycles. The summed E-state index contributed by atoms with van der Waals surface area (Å²) in [5.41, 5.74) is 0.933. The van der Waals surface area contributed by atoms with Gasteiger partial charge in [-0.25, -0.2) is 4.98 Å². The van der Waals surface area contributed by atoms with E-state index >= 15 is 0 Å². The highest BCUT2D eigenvalue weighted by Gasteiger charge is 2.13. The Balaban J connectivity index is 1.69. The summed E-state index contributed by atoms with van der Waals surface area (Å²) in [6, 6.07) is 9.69. The number of aromatic nitrogens is 2. The molecule has 1 aliphatic rings. The predicted molar refractivity (Wildman–Crippen MR) is 86.0 cm³/mol. The number of nitrogens with zero attached hydrogens (tertiary/aromatic N) is 3. The van der Waals surface area contributed by atoms with Crippen molar-refractivity contribution in [3.63, 3.8) is 0 Å². The van der Waals surface area contributed by atoms with Gasteiger partial charge in [0.1, 0.15) is 11.6 Å². The Kier molecular flexibility index (Phi) is 4.70. The van der Waals surface area contributed by atoms with Crippen LogP contribution in [0.15, 0.2) is 36.5 Å². The lowest BCUT2D eigenvalue weighted by Gasteiger charge is -2.27. The van der Waals surface area contributed by atoms with E-state index in [4.69, 9.17) is 9.47 Å². The topological polar surface area (TPSA) is 59.5 Å². The van der Waals surface area contributed by atoms with Crippen LogP contribution in [-0.4, -0.2) is 42.9 Å². The van der Waals surface area contributed by atoms with E-state index in [1.165, 1.54) is 0 Å². The molecular formula is C16H20N4O2. The predicted octanol–water partition coefficient (Wildman–Crippen LogP) is 2.46. The maximum atomic E-state index is 5.43. The normalized spacial score (nSPS) is 14.7. The molecule has 6 heteroatoms. The van der Waals surface area contributed by atoms with E-state index in [2.05, 4.69) is 20.2 Å². The monoisotopic (exact) mass is 300 g/mol. The lowest BCUT2D eigenvalue weighted by Crippen LogP contribution is -2.36. The van der Waals surface area contributed by atoms with Crippen LogP contribution in [0.3, 0.4) is 0 Å². The summed E-state index contributed by atoms with van der Waals surface area (Å²) in [5, 5.41) is 3.22. The highest BCUT2D eigenvalue weighted by atomic mass is 16.5. The Labute approximate surface area is 130 Å². The first kappa shape index (κ1) is 14.6. The van der Waals surface area contributed by atoms with Crippen molar-refractivity contribution in [1.82, 2.24) is 9.97 Å². The molecular weight excluding hydrogens is 280 g/mol. The van der Waals surface area contributed by atoms with Gasteiger partial charge in [-0.2, -0.15) is 4.98 Å². The number of benzene rings is 1. The number of anilines is 3. The van der Waals surface area contributed by atoms with Crippen LogP contribution in [0.2, 0.25) is 0 Å². The fourth-order valence-corrected chi connectivity index (χ4v) is 2.31. The van der Waals surface area contributed by atoms with E-state index in [1.54, 1.807) is 6.20 Å². The Hall–Kier alpha value is -2.34. The molecule has 1 aromatic carbocycles. The van der Waals surface area contributed by atoms with Gasteiger partial charge in [-0.05, 0) is 37.3 Å². The molecule has 0 bridgehead atoms. The zero-order valence-electron chi connectivity index (χ0n) is 12.7. The molecule has 1 N–H and O–H groups in total. The van der Waals surface area contributed by atoms with E-state index in [-0.39, 0.29) is 0 Å². The van der Waals surface area contributed by atoms with Gasteiger partial charge in [-0.3, -0.25) is 0 Å². The molecule has 0 unspecified atom stereocenters. The van der Waals surface area contributed by atoms with Gasteiger partial charge in [-0.15, -0.1) is 0 Å². The number of nitrogens with one attached hydrogen (secondary N) is 1. The maximum absolute atomic E-state index is 5.43. The van der Waals surface area contributed by atoms with Gasteiger partial charge in [0, 0.05) is 25.0 Å². The Morgan fingerprint density at radius 2 is 1.95 bits per heavy atom. The lowest BCUT2D eigenvalue weighted by molar-refractivity contribution is 0.122. The zero-order valence-corrected chi connectivity index (χ0v) is 12.7. The van der Waals surface area contributed by atoms with E-state index in [1.807, 2.05) is 37.3 Å². The molecule has 3 rings (SSSR count). The van der Waals surface area contributed by atoms with Crippen molar-refractivity contribution in [2.45, 2.75) is 6.92 Å². The van der Waals surface area contributed by atoms with Crippen molar-refractivity contribution in [2.75, 3.05) is 43.1 Å². The minimum Gasteiger partial charge on any atom is -0.494 e. The average Bonchev–Trinajstić information content (AvgIpc) is 2.58. The average molecular weight is 300 g/mol. The summed E-state index contributed by atoms with van der Waals surface area (Å²) in [4.78, 5) is 11.0. The van der Waals surface area contributed by atoms with Crippen LogP contribution < -0.4 is 15.0 Å². The minimum absolute atomic E-state index is 0.591. The highest BCUT2D eigenvalue weighted by molar-refractivity contribution is 5.56. The third-order valence-corrected chi connectivity index (χ3v) is 3.40. The summed E-state index contributed by atoms with van der Waals surface area (Å²) in [6.07, 6.45) is 1.77. The number of ether oxygens (including phenoxy) is 2. The molecule has 0 aliphatic carbocycles. The van der Waals surface area contributed by atoms with Gasteiger partial charge in [-0.1, -0.05) is 0 Å². The summed E-state index contributed by atoms with van der Waals surface area (Å²) in [5.74, 6) is 2.37. The van der Waals surface area contributed by atoms with Crippen LogP contribution in [0.5, 0.6) is 5.75 Å². The van der Waals surface area contributed by atoms with Gasteiger partial charge in [0.25, 0.3) is 0 Å². The van der Waals surface area contributed by atoms with Crippen molar-refractivity contribution >= 4 is 17.5 Å². The molecule has 2 aromatic rings. The van der Waals surface area contributed by atoms with Crippen LogP contribution in [-0.2, 0) is 4.74 Å². The van der Waals surface area contributed by atoms with E-state index in [9.17, 15) is 0 Å². The molecule has 1 saturated heterocycles. The number of hydrogen-bond acceptors (Lipinski definition) is 6. The van der Waals surface area contributed by atoms with Crippen LogP contribution >= 0.6 is 0 Å². The Morgan fingerprint density at radius 1 is 1.18 bits per heavy atom. The van der Waals surface area contributed by atoms with Crippen LogP contribution in [0, 0.1) is 0 Å². The number of rotatable bonds is 5. The van der Waals surface area contributed by atoms with Gasteiger partial charge in [0.2, 0.25) is 5.95 Å². The molecule has 6 nitrogen and oxygen atoms in total. The number of hydrogen-bond donors (Lipinski definition) is 1. The first-order chi connectivity index (χ1) is 10.8. The van der Waals surface area contributed by atoms with Crippen LogP contribution in [0.4, 0.5) is 17.5 Å². The quantitative estimate of drug-likeness (QED) is 0.915. The molecule has 1 aromatic heterocycles. The van der Waals surface area contributed by atoms with Gasteiger partial charge in [0.05, 0.1) is 19.8 Å². The molecule has 22 heavy (non-hydrogen) atoms. The minimum atomic E-state index is 0.591. The molecule has 1 aliphatic heterocycles. The molecule has 116 valence electrons. The lowest BCUT2D eigenvalue weighted by atomic mass is 10.3. The van der Waals surface area contributed by atoms with E-state index < -0.39 is 0 Å². The van der Waals surface area contributed by atoms with Gasteiger partial charge < -0.3 is 19.7 Å². The number of morpholine rings is 1. The second kappa shape index (κ2) is 7.09. The SMILES string of the molecule is CCOc1ccc(Nc2nccc(N3CCOCC3)n2)cc1. The summed E-state index contributed by atoms with van der Waals surface area (Å²) >= 11 is 0. The summed E-state index contributed by atoms with van der Waals surface area (Å²) in [6.45, 7) is 5.84. The second-order valence-corrected chi connectivity index (χ2v) is 4.92. The Bertz CT molecular complexity index is 597. The van der Waals surface area contributed by atoms with Crippen molar-refractivity contribution in [1.29, 1.82) is 0 Å². The standard InChI is InChI=1S/C16H20N4O2/c1-2-22-14-5-3-13(4-6-14)18-16-17-8-7-15(19-16)20-9-11-21-12-10-20/h3-8H,2,9-12H2,1H3,(H,17,18,19). The van der Waals surface area contributed by atoms with Crippen molar-refractivity contribution in [3.05, 3.63) is 36.5 Å². The smallest absolute Gasteiger partial charge is 0.229 e. The zero-order chi connectivity index (χ0) is 15.2. The third kappa shape index (κ3) is 3.65. The van der Waals surface area contributed by atoms with Crippen molar-refractivity contribution in [2.24, 2.45) is 0 Å². The van der Waals surface area contributed by atoms with E-state index in [0.29, 0.717) is 12.6 Å². The van der Waals surface area contributed by atoms with E-state index in [0.717, 1.165) is 43.6 Å². The van der Waals surface area contributed by atoms with Crippen molar-refractivity contribution < 1.29 is 9.47 Å². The molecule has 2 heterocycles. The molecule has 0 atom stereocenters. The second-order valence-electron chi connectivity index (χ2n) is 4.92. The third-order valence-electron chi connectivity index (χ3n) is 3.40. The molecule has 1 fully saturated rings. The van der Waals surface area contributed by atoms with Crippen LogP contribution in [0.25, 0.3) is 0 Å². The fourth-order valence-electron chi connectivity index (χ4n) is 2.31. The summed E-state index contributed by atoms with van der Waals surface area (Å²) in [7, 11) is 0. The van der Waals surface area contributed by atoms with Crippen LogP contribution in [0.1, 0.15) is 6.92 Å². The van der Waals surface area contributed by atoms with Gasteiger partial charge in [0.15, 0.2) is 0 Å². The first-order valence-electron chi connectivity index (χ1n) is 7.51. The summed E-state index contributed by atoms with van der Waals surface area (Å²) < 4.78 is 10.8. The Morgan fingerprint density at radius 3 is 2.68 bits per heavy atom. The van der Waals surface area contributed by atoms with Gasteiger partial charge >= 0.3 is 0 Å². The first-order valence-corrected chi connectivity index (χ1v) is 7.51. The largest absolute Gasteiger partial charge is 0.494 e. The highest BCUT2D eigenvalue weighted by Crippen LogP contribution is 2.20. The molecule has 0 spiro atoms. The fraction of sp³-hybridized carbons (Fsp3) is 0.375.